The van der Waals surface area contributed by atoms with Gasteiger partial charge in [-0.15, -0.1) is 0 Å². The van der Waals surface area contributed by atoms with Gasteiger partial charge in [0.2, 0.25) is 0 Å². The van der Waals surface area contributed by atoms with E-state index in [-0.39, 0.29) is 11.3 Å². The van der Waals surface area contributed by atoms with Gasteiger partial charge in [0.05, 0.1) is 18.8 Å². The third-order valence-electron chi connectivity index (χ3n) is 3.73. The molecule has 0 aromatic heterocycles. The number of benzene rings is 2. The first-order valence-electron chi connectivity index (χ1n) is 7.09. The minimum Gasteiger partial charge on any atom is -0.379 e. The number of hydrogen-bond donors (Lipinski definition) is 0. The summed E-state index contributed by atoms with van der Waals surface area (Å²) in [5.41, 5.74) is 1.93. The van der Waals surface area contributed by atoms with Gasteiger partial charge in [0.25, 0.3) is 0 Å². The summed E-state index contributed by atoms with van der Waals surface area (Å²) in [7, 11) is 0. The van der Waals surface area contributed by atoms with Crippen molar-refractivity contribution in [1.29, 1.82) is 0 Å². The lowest BCUT2D eigenvalue weighted by molar-refractivity contribution is 0.0342. The minimum atomic E-state index is -0.469. The van der Waals surface area contributed by atoms with Gasteiger partial charge in [0.1, 0.15) is 5.82 Å². The minimum absolute atomic E-state index is 0.149. The molecule has 1 saturated heterocycles. The molecule has 2 aromatic rings. The van der Waals surface area contributed by atoms with Crippen LogP contribution < -0.4 is 0 Å². The molecule has 3 nitrogen and oxygen atoms in total. The van der Waals surface area contributed by atoms with Crippen LogP contribution in [0.15, 0.2) is 42.5 Å². The van der Waals surface area contributed by atoms with E-state index in [9.17, 15) is 9.50 Å². The largest absolute Gasteiger partial charge is 0.379 e. The number of nitrogens with zero attached hydrogens (tertiary/aromatic N) is 1. The first-order chi connectivity index (χ1) is 10.2. The van der Waals surface area contributed by atoms with Crippen molar-refractivity contribution in [2.75, 3.05) is 26.3 Å². The maximum atomic E-state index is 13.8. The van der Waals surface area contributed by atoms with Gasteiger partial charge < -0.3 is 4.74 Å². The highest BCUT2D eigenvalue weighted by Gasteiger charge is 2.13. The lowest BCUT2D eigenvalue weighted by Crippen LogP contribution is -2.35. The molecule has 0 atom stereocenters. The number of rotatable bonds is 3. The molecule has 0 saturated carbocycles. The summed E-state index contributed by atoms with van der Waals surface area (Å²) in [5.74, 6) is -0.751. The molecule has 21 heavy (non-hydrogen) atoms. The van der Waals surface area contributed by atoms with Gasteiger partial charge in [0, 0.05) is 19.6 Å². The zero-order chi connectivity index (χ0) is 14.7. The van der Waals surface area contributed by atoms with Crippen LogP contribution in [0.25, 0.3) is 11.1 Å². The zero-order valence-electron chi connectivity index (χ0n) is 11.7. The van der Waals surface area contributed by atoms with Gasteiger partial charge in [-0.1, -0.05) is 30.3 Å². The van der Waals surface area contributed by atoms with E-state index in [1.807, 2.05) is 24.3 Å². The van der Waals surface area contributed by atoms with E-state index in [4.69, 9.17) is 4.74 Å². The van der Waals surface area contributed by atoms with Crippen molar-refractivity contribution in [2.24, 2.45) is 0 Å². The van der Waals surface area contributed by atoms with Crippen molar-refractivity contribution in [1.82, 2.24) is 4.90 Å². The van der Waals surface area contributed by atoms with E-state index in [1.54, 1.807) is 0 Å². The molecule has 0 bridgehead atoms. The predicted molar refractivity (Wildman–Crippen MR) is 78.1 cm³/mol. The summed E-state index contributed by atoms with van der Waals surface area (Å²) in [5, 5.41) is 11.8. The number of hydrogen-bond acceptors (Lipinski definition) is 2. The van der Waals surface area contributed by atoms with Crippen molar-refractivity contribution in [3.63, 3.8) is 0 Å². The molecule has 1 heterocycles. The van der Waals surface area contributed by atoms with Crippen LogP contribution in [-0.2, 0) is 16.4 Å². The Kier molecular flexibility index (Phi) is 4.18. The lowest BCUT2D eigenvalue weighted by Gasteiger charge is -2.26. The van der Waals surface area contributed by atoms with Crippen LogP contribution in [0.3, 0.4) is 0 Å². The first-order valence-corrected chi connectivity index (χ1v) is 7.09. The van der Waals surface area contributed by atoms with Crippen molar-refractivity contribution in [3.8, 4) is 16.9 Å². The summed E-state index contributed by atoms with van der Waals surface area (Å²) in [6.45, 7) is 4.25. The van der Waals surface area contributed by atoms with Crippen LogP contribution >= 0.6 is 0 Å². The summed E-state index contributed by atoms with van der Waals surface area (Å²) >= 11 is 0. The molecule has 4 heteroatoms. The molecule has 1 radical (unpaired) electrons. The van der Waals surface area contributed by atoms with Gasteiger partial charge in [-0.2, -0.15) is 0 Å². The monoisotopic (exact) mass is 286 g/mol. The molecule has 1 aliphatic heterocycles. The predicted octanol–water partition coefficient (Wildman–Crippen LogP) is 3.47. The Bertz CT molecular complexity index is 586. The molecule has 3 rings (SSSR count). The third kappa shape index (κ3) is 3.23. The second-order valence-corrected chi connectivity index (χ2v) is 5.20. The number of halogens is 1. The molecule has 1 aliphatic rings. The van der Waals surface area contributed by atoms with E-state index < -0.39 is 5.82 Å². The average molecular weight is 286 g/mol. The molecule has 2 aromatic carbocycles. The highest BCUT2D eigenvalue weighted by molar-refractivity contribution is 5.70. The van der Waals surface area contributed by atoms with E-state index >= 15 is 0 Å². The summed E-state index contributed by atoms with van der Waals surface area (Å²) < 4.78 is 19.1. The van der Waals surface area contributed by atoms with Crippen molar-refractivity contribution in [3.05, 3.63) is 53.8 Å². The average Bonchev–Trinajstić information content (AvgIpc) is 2.50. The Morgan fingerprint density at radius 2 is 1.76 bits per heavy atom. The molecule has 0 N–H and O–H groups in total. The fraction of sp³-hybridized carbons (Fsp3) is 0.294. The van der Waals surface area contributed by atoms with Gasteiger partial charge in [0.15, 0.2) is 5.75 Å². The molecule has 0 amide bonds. The van der Waals surface area contributed by atoms with Crippen LogP contribution in [0.2, 0.25) is 0 Å². The smallest absolute Gasteiger partial charge is 0.189 e. The lowest BCUT2D eigenvalue weighted by atomic mass is 10.0. The molecular formula is C17H17FNO2. The molecule has 0 spiro atoms. The maximum Gasteiger partial charge on any atom is 0.189 e. The molecule has 0 aliphatic carbocycles. The summed E-state index contributed by atoms with van der Waals surface area (Å²) in [6, 6.07) is 11.7. The van der Waals surface area contributed by atoms with E-state index in [0.29, 0.717) is 5.56 Å². The second kappa shape index (κ2) is 6.24. The Hall–Kier alpha value is -1.91. The fourth-order valence-corrected chi connectivity index (χ4v) is 2.58. The summed E-state index contributed by atoms with van der Waals surface area (Å²) in [6.07, 6.45) is 0. The molecule has 109 valence electrons. The highest BCUT2D eigenvalue weighted by Crippen LogP contribution is 2.32. The van der Waals surface area contributed by atoms with Crippen molar-refractivity contribution < 1.29 is 14.2 Å². The second-order valence-electron chi connectivity index (χ2n) is 5.20. The Balaban J connectivity index is 1.77. The third-order valence-corrected chi connectivity index (χ3v) is 3.73. The normalized spacial score (nSPS) is 16.0. The topological polar surface area (TPSA) is 32.4 Å². The number of ether oxygens (including phenoxy) is 1. The van der Waals surface area contributed by atoms with E-state index in [2.05, 4.69) is 4.90 Å². The maximum absolute atomic E-state index is 13.8. The quantitative estimate of drug-likeness (QED) is 0.865. The van der Waals surface area contributed by atoms with Crippen LogP contribution in [0.5, 0.6) is 5.75 Å². The number of morpholine rings is 1. The van der Waals surface area contributed by atoms with Crippen LogP contribution in [0, 0.1) is 5.82 Å². The molecular weight excluding hydrogens is 269 g/mol. The van der Waals surface area contributed by atoms with E-state index in [0.717, 1.165) is 38.4 Å². The summed E-state index contributed by atoms with van der Waals surface area (Å²) in [4.78, 5) is 2.32. The SMILES string of the molecule is [O]c1cccc(F)c1-c1ccc(CN2CCOCC2)cc1. The Morgan fingerprint density at radius 3 is 2.43 bits per heavy atom. The van der Waals surface area contributed by atoms with Gasteiger partial charge in [-0.3, -0.25) is 10.0 Å². The van der Waals surface area contributed by atoms with Crippen molar-refractivity contribution >= 4 is 0 Å². The van der Waals surface area contributed by atoms with Crippen LogP contribution in [-0.4, -0.2) is 31.2 Å². The van der Waals surface area contributed by atoms with E-state index in [1.165, 1.54) is 18.2 Å². The highest BCUT2D eigenvalue weighted by atomic mass is 19.1. The van der Waals surface area contributed by atoms with Gasteiger partial charge in [-0.25, -0.2) is 4.39 Å². The van der Waals surface area contributed by atoms with Gasteiger partial charge in [-0.05, 0) is 23.3 Å². The Morgan fingerprint density at radius 1 is 1.05 bits per heavy atom. The van der Waals surface area contributed by atoms with Gasteiger partial charge >= 0.3 is 0 Å². The fourth-order valence-electron chi connectivity index (χ4n) is 2.58. The standard InChI is InChI=1S/C17H17FNO2/c18-15-2-1-3-16(20)17(15)14-6-4-13(5-7-14)12-19-8-10-21-11-9-19/h1-7H,8-12H2. The molecule has 1 fully saturated rings. The van der Waals surface area contributed by atoms with Crippen molar-refractivity contribution in [2.45, 2.75) is 6.54 Å². The molecule has 0 unspecified atom stereocenters. The van der Waals surface area contributed by atoms with Crippen LogP contribution in [0.1, 0.15) is 5.56 Å². The first kappa shape index (κ1) is 14.0. The van der Waals surface area contributed by atoms with Crippen LogP contribution in [0.4, 0.5) is 4.39 Å². The zero-order valence-corrected chi connectivity index (χ0v) is 11.7. The Labute approximate surface area is 123 Å².